The van der Waals surface area contributed by atoms with Gasteiger partial charge in [-0.25, -0.2) is 9.97 Å². The number of rotatable bonds is 7. The first kappa shape index (κ1) is 34.8. The van der Waals surface area contributed by atoms with Gasteiger partial charge in [-0.3, -0.25) is 14.4 Å². The smallest absolute Gasteiger partial charge is 0.416 e. The molecule has 1 atom stereocenters. The van der Waals surface area contributed by atoms with Crippen molar-refractivity contribution in [3.8, 4) is 5.75 Å². The van der Waals surface area contributed by atoms with Crippen molar-refractivity contribution in [2.75, 3.05) is 43.1 Å². The van der Waals surface area contributed by atoms with Crippen LogP contribution in [0.25, 0.3) is 11.4 Å². The molecular formula is C32H33ClF3N9O5. The first-order valence-corrected chi connectivity index (χ1v) is 16.2. The van der Waals surface area contributed by atoms with Gasteiger partial charge in [-0.05, 0) is 50.5 Å². The second-order valence-electron chi connectivity index (χ2n) is 11.9. The number of ether oxygens (including phenoxy) is 1. The van der Waals surface area contributed by atoms with Gasteiger partial charge in [-0.1, -0.05) is 24.6 Å². The molecule has 0 aliphatic carbocycles. The number of anilines is 2. The minimum atomic E-state index is -4.61. The molecular weight excluding hydrogens is 683 g/mol. The lowest BCUT2D eigenvalue weighted by molar-refractivity contribution is -0.137. The predicted molar refractivity (Wildman–Crippen MR) is 176 cm³/mol. The number of fused-ring (bicyclic) bond motifs is 1. The number of amides is 2. The normalized spacial score (nSPS) is 16.9. The fraction of sp³-hybridized carbons (Fsp3) is 0.406. The lowest BCUT2D eigenvalue weighted by atomic mass is 10.1. The maximum absolute atomic E-state index is 14.3. The fourth-order valence-corrected chi connectivity index (χ4v) is 6.37. The highest BCUT2D eigenvalue weighted by Gasteiger charge is 2.34. The van der Waals surface area contributed by atoms with Gasteiger partial charge in [0.1, 0.15) is 18.6 Å². The fourth-order valence-electron chi connectivity index (χ4n) is 6.14. The van der Waals surface area contributed by atoms with Crippen LogP contribution in [0.3, 0.4) is 0 Å². The van der Waals surface area contributed by atoms with Crippen LogP contribution in [-0.4, -0.2) is 89.8 Å². The summed E-state index contributed by atoms with van der Waals surface area (Å²) in [5.41, 5.74) is 0.201. The molecule has 0 unspecified atom stereocenters. The van der Waals surface area contributed by atoms with Crippen LogP contribution in [0.4, 0.5) is 24.5 Å². The monoisotopic (exact) mass is 715 g/mol. The molecule has 14 nitrogen and oxygen atoms in total. The molecule has 1 saturated heterocycles. The van der Waals surface area contributed by atoms with E-state index in [2.05, 4.69) is 25.4 Å². The summed E-state index contributed by atoms with van der Waals surface area (Å²) in [7, 11) is 0. The van der Waals surface area contributed by atoms with Crippen molar-refractivity contribution in [1.29, 1.82) is 0 Å². The number of hydrogen-bond donors (Lipinski definition) is 2. The molecule has 0 bridgehead atoms. The number of nitrogens with zero attached hydrogens (tertiary/aromatic N) is 8. The summed E-state index contributed by atoms with van der Waals surface area (Å²) < 4.78 is 47.7. The van der Waals surface area contributed by atoms with Crippen molar-refractivity contribution in [3.05, 3.63) is 74.4 Å². The number of alkyl halides is 3. The van der Waals surface area contributed by atoms with Gasteiger partial charge in [0.2, 0.25) is 11.7 Å². The SMILES string of the molecule is CCc1c(N2CCN(C(=O)c3ncnc(C)c3O)C[C@H]2C)c(=O)n2nc(C3=CCOCC3)nc2n1CC(=O)Nc1ccc(C(F)(F)F)cc1Cl. The van der Waals surface area contributed by atoms with Crippen molar-refractivity contribution in [2.24, 2.45) is 0 Å². The van der Waals surface area contributed by atoms with Crippen LogP contribution in [0.5, 0.6) is 5.75 Å². The van der Waals surface area contributed by atoms with E-state index in [1.165, 1.54) is 11.2 Å². The third-order valence-corrected chi connectivity index (χ3v) is 9.01. The van der Waals surface area contributed by atoms with E-state index in [0.29, 0.717) is 31.2 Å². The zero-order valence-corrected chi connectivity index (χ0v) is 28.0. The number of aromatic hydroxyl groups is 1. The lowest BCUT2D eigenvalue weighted by Crippen LogP contribution is -2.55. The molecule has 3 aromatic heterocycles. The van der Waals surface area contributed by atoms with Crippen molar-refractivity contribution < 1.29 is 32.6 Å². The van der Waals surface area contributed by atoms with Gasteiger partial charge in [0.05, 0.1) is 40.9 Å². The van der Waals surface area contributed by atoms with E-state index in [0.717, 1.165) is 28.3 Å². The predicted octanol–water partition coefficient (Wildman–Crippen LogP) is 3.72. The van der Waals surface area contributed by atoms with Gasteiger partial charge in [0, 0.05) is 25.7 Å². The quantitative estimate of drug-likeness (QED) is 0.289. The van der Waals surface area contributed by atoms with E-state index in [4.69, 9.17) is 16.3 Å². The first-order chi connectivity index (χ1) is 23.8. The number of carbonyl (C=O) groups is 2. The van der Waals surface area contributed by atoms with Crippen LogP contribution in [0.2, 0.25) is 5.02 Å². The Hall–Kier alpha value is -5.03. The van der Waals surface area contributed by atoms with E-state index in [1.807, 2.05) is 24.8 Å². The Balaban J connectivity index is 1.37. The van der Waals surface area contributed by atoms with Gasteiger partial charge in [-0.2, -0.15) is 22.7 Å². The molecule has 1 fully saturated rings. The summed E-state index contributed by atoms with van der Waals surface area (Å²) in [5.74, 6) is -1.01. The average Bonchev–Trinajstić information content (AvgIpc) is 3.54. The Morgan fingerprint density at radius 2 is 1.98 bits per heavy atom. The highest BCUT2D eigenvalue weighted by molar-refractivity contribution is 6.33. The van der Waals surface area contributed by atoms with E-state index in [9.17, 15) is 32.7 Å². The van der Waals surface area contributed by atoms with Crippen molar-refractivity contribution in [3.63, 3.8) is 0 Å². The summed E-state index contributed by atoms with van der Waals surface area (Å²) in [4.78, 5) is 57.1. The maximum Gasteiger partial charge on any atom is 0.416 e. The second kappa shape index (κ2) is 13.7. The average molecular weight is 716 g/mol. The molecule has 4 aromatic rings. The Kier molecular flexibility index (Phi) is 9.54. The molecule has 1 aromatic carbocycles. The van der Waals surface area contributed by atoms with Gasteiger partial charge in [-0.15, -0.1) is 5.10 Å². The summed E-state index contributed by atoms with van der Waals surface area (Å²) in [5, 5.41) is 17.2. The van der Waals surface area contributed by atoms with Gasteiger partial charge >= 0.3 is 6.18 Å². The van der Waals surface area contributed by atoms with E-state index in [1.54, 1.807) is 11.5 Å². The highest BCUT2D eigenvalue weighted by Crippen LogP contribution is 2.34. The molecule has 0 spiro atoms. The molecule has 2 aliphatic rings. The minimum Gasteiger partial charge on any atom is -0.504 e. The minimum absolute atomic E-state index is 0.0196. The third-order valence-electron chi connectivity index (χ3n) is 8.69. The zero-order valence-electron chi connectivity index (χ0n) is 27.3. The molecule has 264 valence electrons. The van der Waals surface area contributed by atoms with Crippen LogP contribution < -0.4 is 15.8 Å². The summed E-state index contributed by atoms with van der Waals surface area (Å²) in [6, 6.07) is 2.23. The van der Waals surface area contributed by atoms with Crippen LogP contribution >= 0.6 is 11.6 Å². The summed E-state index contributed by atoms with van der Waals surface area (Å²) in [6.07, 6.45) is -0.785. The second-order valence-corrected chi connectivity index (χ2v) is 12.3. The molecule has 5 heterocycles. The summed E-state index contributed by atoms with van der Waals surface area (Å²) in [6.45, 7) is 6.24. The lowest BCUT2D eigenvalue weighted by Gasteiger charge is -2.41. The molecule has 0 saturated carbocycles. The summed E-state index contributed by atoms with van der Waals surface area (Å²) >= 11 is 6.12. The number of halogens is 4. The Bertz CT molecular complexity index is 2080. The van der Waals surface area contributed by atoms with Crippen LogP contribution in [0, 0.1) is 6.92 Å². The Morgan fingerprint density at radius 1 is 1.20 bits per heavy atom. The number of hydrogen-bond acceptors (Lipinski definition) is 10. The molecule has 0 radical (unpaired) electrons. The van der Waals surface area contributed by atoms with Gasteiger partial charge in [0.15, 0.2) is 17.3 Å². The van der Waals surface area contributed by atoms with Crippen LogP contribution in [0.15, 0.2) is 35.4 Å². The number of nitrogens with one attached hydrogen (secondary N) is 1. The molecule has 50 heavy (non-hydrogen) atoms. The number of benzene rings is 1. The van der Waals surface area contributed by atoms with Gasteiger partial charge < -0.3 is 29.5 Å². The number of carbonyl (C=O) groups excluding carboxylic acids is 2. The molecule has 6 rings (SSSR count). The molecule has 18 heteroatoms. The van der Waals surface area contributed by atoms with E-state index >= 15 is 0 Å². The van der Waals surface area contributed by atoms with E-state index in [-0.39, 0.29) is 71.9 Å². The van der Waals surface area contributed by atoms with Crippen molar-refractivity contribution in [1.82, 2.24) is 34.0 Å². The topological polar surface area (TPSA) is 160 Å². The highest BCUT2D eigenvalue weighted by atomic mass is 35.5. The molecule has 2 amide bonds. The van der Waals surface area contributed by atoms with Crippen LogP contribution in [0.1, 0.15) is 53.5 Å². The van der Waals surface area contributed by atoms with E-state index < -0.39 is 35.2 Å². The van der Waals surface area contributed by atoms with Crippen molar-refractivity contribution in [2.45, 2.75) is 52.4 Å². The van der Waals surface area contributed by atoms with Crippen LogP contribution in [-0.2, 0) is 28.7 Å². The zero-order chi connectivity index (χ0) is 35.9. The van der Waals surface area contributed by atoms with Gasteiger partial charge in [0.25, 0.3) is 11.5 Å². The number of aromatic nitrogens is 6. The molecule has 2 N–H and O–H groups in total. The first-order valence-electron chi connectivity index (χ1n) is 15.8. The number of aryl methyl sites for hydroxylation is 1. The Morgan fingerprint density at radius 3 is 2.64 bits per heavy atom. The standard InChI is InChI=1S/C32H33ClF3N9O5/c1-4-23-26(43-10-9-42(14-17(43)2)29(48)25-27(47)18(3)37-16-38-25)30(49)45-31(40-28(41-45)19-7-11-50-12-8-19)44(23)15-24(46)39-22-6-5-20(13-21(22)33)32(34,35)36/h5-7,13,16-17,47H,4,8-12,14-15H2,1-3H3,(H,39,46)/t17-/m1/s1. The maximum atomic E-state index is 14.3. The largest absolute Gasteiger partial charge is 0.504 e. The van der Waals surface area contributed by atoms with Crippen molar-refractivity contribution >= 4 is 46.1 Å². The Labute approximate surface area is 288 Å². The third kappa shape index (κ3) is 6.61. The number of piperazine rings is 1. The molecule has 2 aliphatic heterocycles.